The standard InChI is InChI=1S/C16H23N3O2/c1-4-12-8-7-9-17-13(12)10-19-11-14(20)18-16(5-2,6-3)15(19)21/h7-9H,4-6,10-11H2,1-3H3,(H,18,20). The molecule has 1 aromatic rings. The number of rotatable bonds is 5. The number of amides is 2. The van der Waals surface area contributed by atoms with Crippen molar-refractivity contribution in [2.45, 2.75) is 52.1 Å². The van der Waals surface area contributed by atoms with E-state index in [4.69, 9.17) is 0 Å². The zero-order chi connectivity index (χ0) is 15.5. The molecule has 0 radical (unpaired) electrons. The highest BCUT2D eigenvalue weighted by Gasteiger charge is 2.44. The van der Waals surface area contributed by atoms with E-state index in [1.807, 2.05) is 26.0 Å². The molecule has 2 heterocycles. The molecule has 1 saturated heterocycles. The van der Waals surface area contributed by atoms with Crippen LogP contribution in [0.3, 0.4) is 0 Å². The van der Waals surface area contributed by atoms with Crippen molar-refractivity contribution in [3.8, 4) is 0 Å². The van der Waals surface area contributed by atoms with Gasteiger partial charge in [-0.05, 0) is 30.9 Å². The van der Waals surface area contributed by atoms with Crippen LogP contribution >= 0.6 is 0 Å². The van der Waals surface area contributed by atoms with E-state index in [9.17, 15) is 9.59 Å². The van der Waals surface area contributed by atoms with Crippen LogP contribution in [0.15, 0.2) is 18.3 Å². The number of hydrogen-bond acceptors (Lipinski definition) is 3. The maximum Gasteiger partial charge on any atom is 0.249 e. The normalized spacial score (nSPS) is 17.8. The summed E-state index contributed by atoms with van der Waals surface area (Å²) in [7, 11) is 0. The first-order valence-corrected chi connectivity index (χ1v) is 7.59. The van der Waals surface area contributed by atoms with E-state index in [-0.39, 0.29) is 18.4 Å². The third-order valence-electron chi connectivity index (χ3n) is 4.32. The molecule has 1 fully saturated rings. The van der Waals surface area contributed by atoms with Crippen molar-refractivity contribution >= 4 is 11.8 Å². The van der Waals surface area contributed by atoms with E-state index < -0.39 is 5.54 Å². The van der Waals surface area contributed by atoms with Crippen molar-refractivity contribution in [3.63, 3.8) is 0 Å². The van der Waals surface area contributed by atoms with Crippen molar-refractivity contribution < 1.29 is 9.59 Å². The lowest BCUT2D eigenvalue weighted by atomic mass is 9.89. The molecule has 5 nitrogen and oxygen atoms in total. The fourth-order valence-electron chi connectivity index (χ4n) is 2.88. The van der Waals surface area contributed by atoms with Crippen LogP contribution in [0, 0.1) is 0 Å². The summed E-state index contributed by atoms with van der Waals surface area (Å²) in [5, 5.41) is 2.87. The Kier molecular flexibility index (Phi) is 4.60. The molecule has 0 atom stereocenters. The highest BCUT2D eigenvalue weighted by Crippen LogP contribution is 2.23. The van der Waals surface area contributed by atoms with Gasteiger partial charge in [0.05, 0.1) is 12.2 Å². The Labute approximate surface area is 125 Å². The number of aromatic nitrogens is 1. The number of aryl methyl sites for hydroxylation is 1. The predicted octanol–water partition coefficient (Wildman–Crippen LogP) is 1.66. The Bertz CT molecular complexity index is 538. The van der Waals surface area contributed by atoms with Crippen molar-refractivity contribution in [1.29, 1.82) is 0 Å². The third-order valence-corrected chi connectivity index (χ3v) is 4.32. The summed E-state index contributed by atoms with van der Waals surface area (Å²) in [6.45, 7) is 6.44. The highest BCUT2D eigenvalue weighted by molar-refractivity contribution is 5.97. The lowest BCUT2D eigenvalue weighted by molar-refractivity contribution is -0.151. The van der Waals surface area contributed by atoms with Gasteiger partial charge in [-0.1, -0.05) is 26.8 Å². The molecule has 5 heteroatoms. The molecule has 21 heavy (non-hydrogen) atoms. The zero-order valence-corrected chi connectivity index (χ0v) is 13.0. The topological polar surface area (TPSA) is 62.3 Å². The van der Waals surface area contributed by atoms with Gasteiger partial charge in [0, 0.05) is 6.20 Å². The smallest absolute Gasteiger partial charge is 0.249 e. The molecular formula is C16H23N3O2. The third kappa shape index (κ3) is 2.91. The fourth-order valence-corrected chi connectivity index (χ4v) is 2.88. The van der Waals surface area contributed by atoms with E-state index in [0.717, 1.165) is 17.7 Å². The summed E-state index contributed by atoms with van der Waals surface area (Å²) in [6.07, 6.45) is 3.81. The first-order valence-electron chi connectivity index (χ1n) is 7.59. The second-order valence-electron chi connectivity index (χ2n) is 5.46. The molecule has 0 bridgehead atoms. The highest BCUT2D eigenvalue weighted by atomic mass is 16.2. The minimum Gasteiger partial charge on any atom is -0.340 e. The molecule has 114 valence electrons. The van der Waals surface area contributed by atoms with Gasteiger partial charge in [-0.2, -0.15) is 0 Å². The summed E-state index contributed by atoms with van der Waals surface area (Å²) in [5.74, 6) is -0.0907. The Balaban J connectivity index is 2.26. The molecule has 1 aliphatic heterocycles. The first-order chi connectivity index (χ1) is 10.1. The first kappa shape index (κ1) is 15.5. The van der Waals surface area contributed by atoms with Gasteiger partial charge in [0.15, 0.2) is 0 Å². The Morgan fingerprint density at radius 1 is 1.29 bits per heavy atom. The van der Waals surface area contributed by atoms with Crippen molar-refractivity contribution in [2.75, 3.05) is 6.54 Å². The molecule has 0 aromatic carbocycles. The summed E-state index contributed by atoms with van der Waals surface area (Å²) in [4.78, 5) is 30.7. The number of piperazine rings is 1. The number of carbonyl (C=O) groups excluding carboxylic acids is 2. The molecule has 2 amide bonds. The number of nitrogens with zero attached hydrogens (tertiary/aromatic N) is 2. The number of hydrogen-bond donors (Lipinski definition) is 1. The molecule has 0 unspecified atom stereocenters. The maximum absolute atomic E-state index is 12.7. The van der Waals surface area contributed by atoms with Gasteiger partial charge < -0.3 is 10.2 Å². The van der Waals surface area contributed by atoms with Crippen LogP contribution in [0.25, 0.3) is 0 Å². The van der Waals surface area contributed by atoms with E-state index in [2.05, 4.69) is 17.2 Å². The lowest BCUT2D eigenvalue weighted by Crippen LogP contribution is -2.65. The lowest BCUT2D eigenvalue weighted by Gasteiger charge is -2.41. The van der Waals surface area contributed by atoms with Gasteiger partial charge in [0.1, 0.15) is 12.1 Å². The number of nitrogens with one attached hydrogen (secondary N) is 1. The molecule has 1 aliphatic rings. The molecule has 1 aromatic heterocycles. The maximum atomic E-state index is 12.7. The fraction of sp³-hybridized carbons (Fsp3) is 0.562. The minimum atomic E-state index is -0.753. The predicted molar refractivity (Wildman–Crippen MR) is 80.5 cm³/mol. The molecule has 1 N–H and O–H groups in total. The Hall–Kier alpha value is -1.91. The van der Waals surface area contributed by atoms with Crippen molar-refractivity contribution in [2.24, 2.45) is 0 Å². The van der Waals surface area contributed by atoms with Gasteiger partial charge in [-0.3, -0.25) is 14.6 Å². The second-order valence-corrected chi connectivity index (χ2v) is 5.46. The number of pyridine rings is 1. The van der Waals surface area contributed by atoms with E-state index in [0.29, 0.717) is 19.4 Å². The van der Waals surface area contributed by atoms with Crippen LogP contribution in [0.4, 0.5) is 0 Å². The van der Waals surface area contributed by atoms with Crippen LogP contribution < -0.4 is 5.32 Å². The van der Waals surface area contributed by atoms with Gasteiger partial charge in [-0.15, -0.1) is 0 Å². The van der Waals surface area contributed by atoms with Crippen LogP contribution in [0.2, 0.25) is 0 Å². The van der Waals surface area contributed by atoms with E-state index in [1.54, 1.807) is 11.1 Å². The molecule has 0 aliphatic carbocycles. The molecule has 0 spiro atoms. The van der Waals surface area contributed by atoms with Crippen LogP contribution in [0.1, 0.15) is 44.9 Å². The van der Waals surface area contributed by atoms with Crippen molar-refractivity contribution in [3.05, 3.63) is 29.6 Å². The van der Waals surface area contributed by atoms with Gasteiger partial charge >= 0.3 is 0 Å². The van der Waals surface area contributed by atoms with Gasteiger partial charge in [-0.25, -0.2) is 0 Å². The van der Waals surface area contributed by atoms with Crippen molar-refractivity contribution in [1.82, 2.24) is 15.2 Å². The summed E-state index contributed by atoms with van der Waals surface area (Å²) in [6, 6.07) is 3.92. The number of carbonyl (C=O) groups is 2. The quantitative estimate of drug-likeness (QED) is 0.896. The Morgan fingerprint density at radius 3 is 2.62 bits per heavy atom. The molecular weight excluding hydrogens is 266 g/mol. The molecule has 2 rings (SSSR count). The van der Waals surface area contributed by atoms with Crippen LogP contribution in [0.5, 0.6) is 0 Å². The average molecular weight is 289 g/mol. The summed E-state index contributed by atoms with van der Waals surface area (Å²) in [5.41, 5.74) is 1.25. The molecule has 0 saturated carbocycles. The average Bonchev–Trinajstić information content (AvgIpc) is 2.51. The summed E-state index contributed by atoms with van der Waals surface area (Å²) < 4.78 is 0. The SMILES string of the molecule is CCc1cccnc1CN1CC(=O)NC(CC)(CC)C1=O. The van der Waals surface area contributed by atoms with Crippen LogP contribution in [-0.4, -0.2) is 33.8 Å². The monoisotopic (exact) mass is 289 g/mol. The van der Waals surface area contributed by atoms with Gasteiger partial charge in [0.2, 0.25) is 11.8 Å². The minimum absolute atomic E-state index is 0.000180. The zero-order valence-electron chi connectivity index (χ0n) is 13.0. The summed E-state index contributed by atoms with van der Waals surface area (Å²) >= 11 is 0. The second kappa shape index (κ2) is 6.24. The van der Waals surface area contributed by atoms with Crippen LogP contribution in [-0.2, 0) is 22.6 Å². The van der Waals surface area contributed by atoms with Gasteiger partial charge in [0.25, 0.3) is 0 Å². The largest absolute Gasteiger partial charge is 0.340 e. The van der Waals surface area contributed by atoms with E-state index in [1.165, 1.54) is 0 Å². The van der Waals surface area contributed by atoms with E-state index >= 15 is 0 Å². The Morgan fingerprint density at radius 2 is 2.00 bits per heavy atom.